The van der Waals surface area contributed by atoms with Crippen LogP contribution in [0.2, 0.25) is 5.02 Å². The van der Waals surface area contributed by atoms with Crippen LogP contribution in [0.5, 0.6) is 0 Å². The van der Waals surface area contributed by atoms with Gasteiger partial charge in [0.25, 0.3) is 0 Å². The van der Waals surface area contributed by atoms with Gasteiger partial charge in [-0.05, 0) is 50.5 Å². The molecule has 1 aliphatic carbocycles. The number of hydrogen-bond acceptors (Lipinski definition) is 8. The predicted octanol–water partition coefficient (Wildman–Crippen LogP) is 2.98. The van der Waals surface area contributed by atoms with E-state index < -0.39 is 10.8 Å². The van der Waals surface area contributed by atoms with Crippen LogP contribution in [0.1, 0.15) is 50.0 Å². The first-order chi connectivity index (χ1) is 15.6. The Kier molecular flexibility index (Phi) is 6.14. The van der Waals surface area contributed by atoms with Crippen LogP contribution in [0.25, 0.3) is 5.57 Å². The maximum Gasteiger partial charge on any atom is 0.227 e. The molecule has 2 aliphatic heterocycles. The average Bonchev–Trinajstić information content (AvgIpc) is 3.03. The Morgan fingerprint density at radius 3 is 2.69 bits per heavy atom. The third kappa shape index (κ3) is 4.25. The molecule has 1 fully saturated rings. The molecule has 4 heterocycles. The minimum Gasteiger partial charge on any atom is -0.394 e. The highest BCUT2D eigenvalue weighted by atomic mass is 35.5. The number of nitrogens with zero attached hydrogens (tertiary/aromatic N) is 5. The summed E-state index contributed by atoms with van der Waals surface area (Å²) in [6.45, 7) is 1.57. The smallest absolute Gasteiger partial charge is 0.227 e. The SMILES string of the molecule is O=[S@]1CCCc2nc(N3CCC=C(c4ncc(Cl)cn4)CC3)nc(NC3(CO)CCC3)c21. The molecule has 2 N–H and O–H groups in total. The highest BCUT2D eigenvalue weighted by Crippen LogP contribution is 2.38. The van der Waals surface area contributed by atoms with E-state index in [4.69, 9.17) is 21.6 Å². The zero-order valence-electron chi connectivity index (χ0n) is 17.9. The minimum atomic E-state index is -1.12. The molecule has 8 nitrogen and oxygen atoms in total. The third-order valence-electron chi connectivity index (χ3n) is 6.52. The lowest BCUT2D eigenvalue weighted by Gasteiger charge is -2.42. The van der Waals surface area contributed by atoms with Gasteiger partial charge in [-0.2, -0.15) is 4.98 Å². The lowest BCUT2D eigenvalue weighted by molar-refractivity contribution is 0.143. The molecule has 2 aromatic rings. The molecule has 0 amide bonds. The Balaban J connectivity index is 1.42. The topological polar surface area (TPSA) is 104 Å². The fourth-order valence-corrected chi connectivity index (χ4v) is 5.95. The van der Waals surface area contributed by atoms with Crippen molar-refractivity contribution in [3.63, 3.8) is 0 Å². The largest absolute Gasteiger partial charge is 0.394 e. The molecule has 3 aliphatic rings. The number of aliphatic hydroxyl groups excluding tert-OH is 1. The van der Waals surface area contributed by atoms with Gasteiger partial charge in [0.1, 0.15) is 10.7 Å². The number of anilines is 2. The van der Waals surface area contributed by atoms with Crippen molar-refractivity contribution in [3.05, 3.63) is 35.0 Å². The van der Waals surface area contributed by atoms with Gasteiger partial charge in [-0.1, -0.05) is 17.7 Å². The van der Waals surface area contributed by atoms with E-state index >= 15 is 0 Å². The van der Waals surface area contributed by atoms with Crippen molar-refractivity contribution in [1.29, 1.82) is 0 Å². The van der Waals surface area contributed by atoms with Crippen LogP contribution >= 0.6 is 11.6 Å². The molecule has 0 spiro atoms. The van der Waals surface area contributed by atoms with Crippen LogP contribution in [-0.4, -0.2) is 60.2 Å². The standard InChI is InChI=1S/C22H27ClN6O2S/c23-16-12-24-19(25-13-16)15-4-1-9-29(10-6-15)21-26-17-5-2-11-32(31)18(17)20(27-21)28-22(14-30)7-3-8-22/h4,12-13,30H,1-3,5-11,14H2,(H,26,27,28)/t32-/m0/s1. The molecule has 1 saturated carbocycles. The number of aliphatic hydroxyl groups is 1. The molecular formula is C22H27ClN6O2S. The second-order valence-electron chi connectivity index (χ2n) is 8.70. The molecule has 0 aromatic carbocycles. The van der Waals surface area contributed by atoms with Crippen molar-refractivity contribution in [3.8, 4) is 0 Å². The van der Waals surface area contributed by atoms with E-state index in [1.165, 1.54) is 0 Å². The number of hydrogen-bond donors (Lipinski definition) is 2. The predicted molar refractivity (Wildman–Crippen MR) is 125 cm³/mol. The van der Waals surface area contributed by atoms with Crippen LogP contribution < -0.4 is 10.2 Å². The van der Waals surface area contributed by atoms with Gasteiger partial charge in [0.15, 0.2) is 5.82 Å². The summed E-state index contributed by atoms with van der Waals surface area (Å²) < 4.78 is 12.8. The normalized spacial score (nSPS) is 22.4. The summed E-state index contributed by atoms with van der Waals surface area (Å²) in [5.41, 5.74) is 1.60. The van der Waals surface area contributed by atoms with Gasteiger partial charge in [-0.25, -0.2) is 15.0 Å². The first-order valence-electron chi connectivity index (χ1n) is 11.2. The summed E-state index contributed by atoms with van der Waals surface area (Å²) in [5.74, 6) is 2.63. The van der Waals surface area contributed by atoms with Crippen molar-refractivity contribution in [1.82, 2.24) is 19.9 Å². The maximum atomic E-state index is 12.8. The Hall–Kier alpha value is -2.10. The summed E-state index contributed by atoms with van der Waals surface area (Å²) >= 11 is 5.93. The first kappa shape index (κ1) is 21.7. The van der Waals surface area contributed by atoms with Crippen molar-refractivity contribution >= 4 is 39.7 Å². The minimum absolute atomic E-state index is 0.0475. The summed E-state index contributed by atoms with van der Waals surface area (Å²) in [6.07, 6.45) is 11.5. The van der Waals surface area contributed by atoms with Gasteiger partial charge in [0.05, 0.1) is 33.7 Å². The second kappa shape index (κ2) is 9.03. The zero-order valence-corrected chi connectivity index (χ0v) is 19.5. The van der Waals surface area contributed by atoms with Crippen molar-refractivity contribution in [2.24, 2.45) is 0 Å². The maximum absolute atomic E-state index is 12.8. The molecule has 10 heteroatoms. The monoisotopic (exact) mass is 474 g/mol. The van der Waals surface area contributed by atoms with Crippen LogP contribution in [0.15, 0.2) is 23.4 Å². The van der Waals surface area contributed by atoms with Crippen molar-refractivity contribution in [2.75, 3.05) is 35.7 Å². The van der Waals surface area contributed by atoms with Crippen molar-refractivity contribution < 1.29 is 9.32 Å². The van der Waals surface area contributed by atoms with Crippen LogP contribution in [0.4, 0.5) is 11.8 Å². The van der Waals surface area contributed by atoms with Gasteiger partial charge < -0.3 is 15.3 Å². The van der Waals surface area contributed by atoms with E-state index in [1.54, 1.807) is 12.4 Å². The van der Waals surface area contributed by atoms with Crippen LogP contribution in [0.3, 0.4) is 0 Å². The molecule has 1 atom stereocenters. The molecule has 2 aromatic heterocycles. The summed E-state index contributed by atoms with van der Waals surface area (Å²) in [4.78, 5) is 21.3. The van der Waals surface area contributed by atoms with E-state index in [2.05, 4.69) is 26.3 Å². The van der Waals surface area contributed by atoms with Gasteiger partial charge in [0.2, 0.25) is 5.95 Å². The fraction of sp³-hybridized carbons (Fsp3) is 0.545. The number of aryl methyl sites for hydroxylation is 1. The Morgan fingerprint density at radius 2 is 1.97 bits per heavy atom. The molecular weight excluding hydrogens is 448 g/mol. The highest BCUT2D eigenvalue weighted by molar-refractivity contribution is 7.85. The lowest BCUT2D eigenvalue weighted by Crippen LogP contribution is -2.49. The van der Waals surface area contributed by atoms with E-state index in [0.29, 0.717) is 28.4 Å². The molecule has 0 bridgehead atoms. The molecule has 0 radical (unpaired) electrons. The summed E-state index contributed by atoms with van der Waals surface area (Å²) in [5, 5.41) is 14.0. The number of halogens is 1. The Bertz CT molecular complexity index is 1050. The van der Waals surface area contributed by atoms with E-state index in [9.17, 15) is 9.32 Å². The van der Waals surface area contributed by atoms with E-state index in [1.807, 2.05) is 0 Å². The van der Waals surface area contributed by atoms with Gasteiger partial charge in [-0.15, -0.1) is 0 Å². The molecule has 32 heavy (non-hydrogen) atoms. The quantitative estimate of drug-likeness (QED) is 0.681. The van der Waals surface area contributed by atoms with E-state index in [0.717, 1.165) is 74.2 Å². The van der Waals surface area contributed by atoms with Crippen molar-refractivity contribution in [2.45, 2.75) is 55.4 Å². The third-order valence-corrected chi connectivity index (χ3v) is 8.26. The second-order valence-corrected chi connectivity index (χ2v) is 10.6. The van der Waals surface area contributed by atoms with Gasteiger partial charge >= 0.3 is 0 Å². The number of rotatable bonds is 5. The lowest BCUT2D eigenvalue weighted by atomic mass is 9.77. The van der Waals surface area contributed by atoms with Gasteiger partial charge in [-0.3, -0.25) is 4.21 Å². The molecule has 0 saturated heterocycles. The zero-order chi connectivity index (χ0) is 22.1. The highest BCUT2D eigenvalue weighted by Gasteiger charge is 2.38. The Morgan fingerprint density at radius 1 is 1.16 bits per heavy atom. The number of aromatic nitrogens is 4. The van der Waals surface area contributed by atoms with E-state index in [-0.39, 0.29) is 12.1 Å². The fourth-order valence-electron chi connectivity index (χ4n) is 4.51. The van der Waals surface area contributed by atoms with Crippen LogP contribution in [-0.2, 0) is 17.2 Å². The number of fused-ring (bicyclic) bond motifs is 1. The summed E-state index contributed by atoms with van der Waals surface area (Å²) in [6, 6.07) is 0. The van der Waals surface area contributed by atoms with Crippen LogP contribution in [0, 0.1) is 0 Å². The number of nitrogens with one attached hydrogen (secondary N) is 1. The summed E-state index contributed by atoms with van der Waals surface area (Å²) in [7, 11) is -1.12. The van der Waals surface area contributed by atoms with Gasteiger partial charge in [0, 0.05) is 31.2 Å². The first-order valence-corrected chi connectivity index (χ1v) is 12.9. The molecule has 0 unspecified atom stereocenters. The molecule has 5 rings (SSSR count). The average molecular weight is 475 g/mol. The Labute approximate surface area is 195 Å². The molecule has 170 valence electrons.